The molecule has 2 unspecified atom stereocenters. The van der Waals surface area contributed by atoms with Gasteiger partial charge in [0.05, 0.1) is 0 Å². The zero-order chi connectivity index (χ0) is 13.2. The topological polar surface area (TPSA) is 27.8 Å². The minimum absolute atomic E-state index is 0.151. The van der Waals surface area contributed by atoms with Gasteiger partial charge in [0.15, 0.2) is 0 Å². The molecule has 1 aliphatic rings. The van der Waals surface area contributed by atoms with Crippen LogP contribution in [0.15, 0.2) is 24.4 Å². The summed E-state index contributed by atoms with van der Waals surface area (Å²) in [6, 6.07) is 5.59. The number of H-pyrrole nitrogens is 1. The van der Waals surface area contributed by atoms with Crippen molar-refractivity contribution < 1.29 is 4.39 Å². The van der Waals surface area contributed by atoms with E-state index in [-0.39, 0.29) is 5.82 Å². The van der Waals surface area contributed by atoms with E-state index in [9.17, 15) is 4.39 Å². The summed E-state index contributed by atoms with van der Waals surface area (Å²) in [6.45, 7) is 0. The van der Waals surface area contributed by atoms with Gasteiger partial charge in [0.2, 0.25) is 0 Å². The lowest BCUT2D eigenvalue weighted by Crippen LogP contribution is -2.37. The lowest BCUT2D eigenvalue weighted by atomic mass is 9.81. The normalized spacial score (nSPS) is 23.9. The number of halogens is 1. The van der Waals surface area contributed by atoms with Crippen LogP contribution in [-0.4, -0.2) is 18.1 Å². The molecule has 2 atom stereocenters. The molecule has 0 saturated heterocycles. The Hall–Kier alpha value is -1.35. The van der Waals surface area contributed by atoms with E-state index in [0.29, 0.717) is 12.0 Å². The van der Waals surface area contributed by atoms with Gasteiger partial charge in [-0.15, -0.1) is 0 Å². The van der Waals surface area contributed by atoms with Crippen LogP contribution in [0.2, 0.25) is 0 Å². The molecule has 1 aromatic carbocycles. The summed E-state index contributed by atoms with van der Waals surface area (Å²) in [5.41, 5.74) is 2.29. The fraction of sp³-hybridized carbons (Fsp3) is 0.500. The maximum Gasteiger partial charge on any atom is 0.123 e. The van der Waals surface area contributed by atoms with Crippen molar-refractivity contribution in [3.8, 4) is 0 Å². The van der Waals surface area contributed by atoms with Gasteiger partial charge in [-0.3, -0.25) is 0 Å². The van der Waals surface area contributed by atoms with Crippen LogP contribution in [0.3, 0.4) is 0 Å². The van der Waals surface area contributed by atoms with Crippen molar-refractivity contribution in [1.29, 1.82) is 0 Å². The Morgan fingerprint density at radius 1 is 1.32 bits per heavy atom. The molecule has 2 N–H and O–H groups in total. The fourth-order valence-corrected chi connectivity index (χ4v) is 3.43. The molecule has 0 spiro atoms. The summed E-state index contributed by atoms with van der Waals surface area (Å²) < 4.78 is 13.4. The lowest BCUT2D eigenvalue weighted by Gasteiger charge is -2.31. The highest BCUT2D eigenvalue weighted by Gasteiger charge is 2.24. The van der Waals surface area contributed by atoms with E-state index >= 15 is 0 Å². The van der Waals surface area contributed by atoms with Crippen molar-refractivity contribution in [2.24, 2.45) is 5.92 Å². The molecule has 1 fully saturated rings. The van der Waals surface area contributed by atoms with Crippen molar-refractivity contribution in [2.75, 3.05) is 7.05 Å². The van der Waals surface area contributed by atoms with Gasteiger partial charge in [0.1, 0.15) is 5.82 Å². The molecule has 1 saturated carbocycles. The van der Waals surface area contributed by atoms with Gasteiger partial charge < -0.3 is 10.3 Å². The van der Waals surface area contributed by atoms with Crippen LogP contribution in [0.25, 0.3) is 10.9 Å². The predicted molar refractivity (Wildman–Crippen MR) is 76.8 cm³/mol. The van der Waals surface area contributed by atoms with Crippen LogP contribution in [0.4, 0.5) is 4.39 Å². The maximum absolute atomic E-state index is 13.4. The molecule has 102 valence electrons. The van der Waals surface area contributed by atoms with Crippen LogP contribution in [0.1, 0.15) is 31.2 Å². The first-order valence-electron chi connectivity index (χ1n) is 7.20. The largest absolute Gasteiger partial charge is 0.361 e. The molecule has 19 heavy (non-hydrogen) atoms. The molecule has 3 heteroatoms. The van der Waals surface area contributed by atoms with E-state index in [1.807, 2.05) is 12.3 Å². The van der Waals surface area contributed by atoms with Crippen LogP contribution >= 0.6 is 0 Å². The lowest BCUT2D eigenvalue weighted by molar-refractivity contribution is 0.273. The molecule has 2 aromatic rings. The van der Waals surface area contributed by atoms with Gasteiger partial charge in [-0.25, -0.2) is 4.39 Å². The average molecular weight is 260 g/mol. The second kappa shape index (κ2) is 5.33. The summed E-state index contributed by atoms with van der Waals surface area (Å²) in [5, 5.41) is 4.48. The van der Waals surface area contributed by atoms with Crippen molar-refractivity contribution in [3.63, 3.8) is 0 Å². The number of fused-ring (bicyclic) bond motifs is 1. The third-order valence-electron chi connectivity index (χ3n) is 4.49. The average Bonchev–Trinajstić information content (AvgIpc) is 2.82. The number of benzene rings is 1. The van der Waals surface area contributed by atoms with Crippen LogP contribution in [0, 0.1) is 11.7 Å². The molecular formula is C16H21FN2. The molecule has 3 rings (SSSR count). The van der Waals surface area contributed by atoms with E-state index in [1.165, 1.54) is 37.3 Å². The highest BCUT2D eigenvalue weighted by atomic mass is 19.1. The van der Waals surface area contributed by atoms with Crippen LogP contribution < -0.4 is 5.32 Å². The Bertz CT molecular complexity index is 561. The first-order valence-corrected chi connectivity index (χ1v) is 7.20. The van der Waals surface area contributed by atoms with E-state index in [1.54, 1.807) is 6.07 Å². The minimum atomic E-state index is -0.151. The number of rotatable bonds is 3. The molecule has 2 nitrogen and oxygen atoms in total. The third kappa shape index (κ3) is 2.52. The Morgan fingerprint density at radius 3 is 3.00 bits per heavy atom. The molecule has 1 heterocycles. The van der Waals surface area contributed by atoms with Crippen LogP contribution in [0.5, 0.6) is 0 Å². The van der Waals surface area contributed by atoms with E-state index in [2.05, 4.69) is 17.3 Å². The first-order chi connectivity index (χ1) is 9.28. The maximum atomic E-state index is 13.4. The number of aromatic amines is 1. The first kappa shape index (κ1) is 12.7. The standard InChI is InChI=1S/C16H21FN2/c1-18-15-5-3-2-4-11(15)8-12-10-19-16-7-6-13(17)9-14(12)16/h6-7,9-11,15,18-19H,2-5,8H2,1H3. The molecule has 0 aliphatic heterocycles. The van der Waals surface area contributed by atoms with Crippen molar-refractivity contribution in [3.05, 3.63) is 35.8 Å². The Kier molecular flexibility index (Phi) is 3.56. The van der Waals surface area contributed by atoms with E-state index < -0.39 is 0 Å². The monoisotopic (exact) mass is 260 g/mol. The van der Waals surface area contributed by atoms with Gasteiger partial charge in [-0.05, 0) is 56.0 Å². The SMILES string of the molecule is CNC1CCCCC1Cc1c[nH]c2ccc(F)cc12. The summed E-state index contributed by atoms with van der Waals surface area (Å²) in [6.07, 6.45) is 8.26. The zero-order valence-electron chi connectivity index (χ0n) is 11.4. The fourth-order valence-electron chi connectivity index (χ4n) is 3.43. The van der Waals surface area contributed by atoms with Crippen LogP contribution in [-0.2, 0) is 6.42 Å². The summed E-state index contributed by atoms with van der Waals surface area (Å²) in [4.78, 5) is 3.25. The van der Waals surface area contributed by atoms with Crippen molar-refractivity contribution in [2.45, 2.75) is 38.1 Å². The number of aromatic nitrogens is 1. The Balaban J connectivity index is 1.86. The second-order valence-electron chi connectivity index (χ2n) is 5.65. The van der Waals surface area contributed by atoms with Gasteiger partial charge >= 0.3 is 0 Å². The van der Waals surface area contributed by atoms with Gasteiger partial charge in [-0.1, -0.05) is 12.8 Å². The van der Waals surface area contributed by atoms with Crippen molar-refractivity contribution in [1.82, 2.24) is 10.3 Å². The van der Waals surface area contributed by atoms with E-state index in [0.717, 1.165) is 17.3 Å². The quantitative estimate of drug-likeness (QED) is 0.866. The summed E-state index contributed by atoms with van der Waals surface area (Å²) >= 11 is 0. The highest BCUT2D eigenvalue weighted by Crippen LogP contribution is 2.30. The molecule has 1 aromatic heterocycles. The van der Waals surface area contributed by atoms with E-state index in [4.69, 9.17) is 0 Å². The number of nitrogens with one attached hydrogen (secondary N) is 2. The Morgan fingerprint density at radius 2 is 2.16 bits per heavy atom. The minimum Gasteiger partial charge on any atom is -0.361 e. The number of hydrogen-bond acceptors (Lipinski definition) is 1. The molecule has 0 radical (unpaired) electrons. The van der Waals surface area contributed by atoms with Gasteiger partial charge in [0.25, 0.3) is 0 Å². The van der Waals surface area contributed by atoms with Gasteiger partial charge in [0, 0.05) is 23.1 Å². The molecule has 0 amide bonds. The second-order valence-corrected chi connectivity index (χ2v) is 5.65. The third-order valence-corrected chi connectivity index (χ3v) is 4.49. The summed E-state index contributed by atoms with van der Waals surface area (Å²) in [7, 11) is 2.05. The molecule has 1 aliphatic carbocycles. The van der Waals surface area contributed by atoms with Gasteiger partial charge in [-0.2, -0.15) is 0 Å². The summed E-state index contributed by atoms with van der Waals surface area (Å²) in [5.74, 6) is 0.517. The molecular weight excluding hydrogens is 239 g/mol. The predicted octanol–water partition coefficient (Wildman–Crippen LogP) is 3.63. The number of hydrogen-bond donors (Lipinski definition) is 2. The smallest absolute Gasteiger partial charge is 0.123 e. The van der Waals surface area contributed by atoms with Crippen molar-refractivity contribution >= 4 is 10.9 Å². The zero-order valence-corrected chi connectivity index (χ0v) is 11.4. The highest BCUT2D eigenvalue weighted by molar-refractivity contribution is 5.83. The Labute approximate surface area is 113 Å². The molecule has 0 bridgehead atoms.